The van der Waals surface area contributed by atoms with Gasteiger partial charge in [-0.05, 0) is 25.5 Å². The van der Waals surface area contributed by atoms with Crippen molar-refractivity contribution in [2.45, 2.75) is 30.6 Å². The summed E-state index contributed by atoms with van der Waals surface area (Å²) in [6.45, 7) is 0. The lowest BCUT2D eigenvalue weighted by Gasteiger charge is -2.14. The Balaban J connectivity index is 1.94. The van der Waals surface area contributed by atoms with Crippen LogP contribution in [0.25, 0.3) is 0 Å². The van der Waals surface area contributed by atoms with E-state index in [1.54, 1.807) is 11.8 Å². The van der Waals surface area contributed by atoms with E-state index in [0.29, 0.717) is 5.25 Å². The zero-order valence-electron chi connectivity index (χ0n) is 11.9. The van der Waals surface area contributed by atoms with Gasteiger partial charge in [-0.25, -0.2) is 13.6 Å². The number of carbonyl (C=O) groups excluding carboxylic acids is 1. The van der Waals surface area contributed by atoms with E-state index in [9.17, 15) is 13.6 Å². The van der Waals surface area contributed by atoms with Crippen molar-refractivity contribution in [2.75, 3.05) is 18.7 Å². The molecule has 0 radical (unpaired) electrons. The molecular weight excluding hydrogens is 298 g/mol. The predicted molar refractivity (Wildman–Crippen MR) is 80.0 cm³/mol. The van der Waals surface area contributed by atoms with Gasteiger partial charge in [-0.3, -0.25) is 0 Å². The van der Waals surface area contributed by atoms with Crippen LogP contribution in [0.1, 0.15) is 19.3 Å². The fourth-order valence-electron chi connectivity index (χ4n) is 2.46. The van der Waals surface area contributed by atoms with Crippen molar-refractivity contribution in [1.82, 2.24) is 5.32 Å². The van der Waals surface area contributed by atoms with Crippen LogP contribution >= 0.6 is 11.8 Å². The van der Waals surface area contributed by atoms with E-state index < -0.39 is 23.4 Å². The van der Waals surface area contributed by atoms with Crippen LogP contribution in [0.2, 0.25) is 0 Å². The molecule has 0 bridgehead atoms. The molecule has 0 heterocycles. The number of hydrogen-bond donors (Lipinski definition) is 2. The summed E-state index contributed by atoms with van der Waals surface area (Å²) in [6.07, 6.45) is 4.96. The molecule has 2 rings (SSSR count). The van der Waals surface area contributed by atoms with Gasteiger partial charge in [0.2, 0.25) is 0 Å². The Hall–Kier alpha value is -1.50. The van der Waals surface area contributed by atoms with Crippen molar-refractivity contribution in [3.63, 3.8) is 0 Å². The number of rotatable bonds is 4. The Bertz CT molecular complexity index is 505. The van der Waals surface area contributed by atoms with Gasteiger partial charge in [0.25, 0.3) is 0 Å². The summed E-state index contributed by atoms with van der Waals surface area (Å²) in [5.74, 6) is -2.16. The molecule has 1 aliphatic carbocycles. The summed E-state index contributed by atoms with van der Waals surface area (Å²) in [4.78, 5) is 11.8. The normalized spacial score (nSPS) is 21.1. The molecule has 1 saturated carbocycles. The number of urea groups is 1. The zero-order chi connectivity index (χ0) is 15.4. The van der Waals surface area contributed by atoms with E-state index >= 15 is 0 Å². The summed E-state index contributed by atoms with van der Waals surface area (Å²) in [6, 6.07) is 1.71. The molecular formula is C14H18F2N2O2S. The van der Waals surface area contributed by atoms with E-state index in [0.717, 1.165) is 31.4 Å². The fraction of sp³-hybridized carbons (Fsp3) is 0.500. The third kappa shape index (κ3) is 4.00. The number of nitrogens with one attached hydrogen (secondary N) is 2. The van der Waals surface area contributed by atoms with Gasteiger partial charge < -0.3 is 15.4 Å². The fourth-order valence-corrected chi connectivity index (χ4v) is 3.26. The Morgan fingerprint density at radius 2 is 2.00 bits per heavy atom. The monoisotopic (exact) mass is 316 g/mol. The minimum absolute atomic E-state index is 0.0581. The molecule has 2 amide bonds. The molecule has 0 unspecified atom stereocenters. The van der Waals surface area contributed by atoms with Gasteiger partial charge in [-0.15, -0.1) is 0 Å². The first-order valence-electron chi connectivity index (χ1n) is 6.66. The summed E-state index contributed by atoms with van der Waals surface area (Å²) in [5, 5.41) is 5.82. The molecule has 1 aliphatic rings. The number of carbonyl (C=O) groups is 1. The minimum Gasteiger partial charge on any atom is -0.491 e. The molecule has 1 aromatic carbocycles. The number of methoxy groups -OCH3 is 1. The van der Waals surface area contributed by atoms with Gasteiger partial charge in [0.15, 0.2) is 17.4 Å². The molecule has 7 heteroatoms. The van der Waals surface area contributed by atoms with E-state index in [-0.39, 0.29) is 11.7 Å². The van der Waals surface area contributed by atoms with E-state index in [4.69, 9.17) is 0 Å². The van der Waals surface area contributed by atoms with Gasteiger partial charge in [0, 0.05) is 29.1 Å². The highest BCUT2D eigenvalue weighted by molar-refractivity contribution is 7.99. The first kappa shape index (κ1) is 15.9. The molecule has 0 spiro atoms. The second kappa shape index (κ2) is 6.98. The van der Waals surface area contributed by atoms with Crippen molar-refractivity contribution >= 4 is 23.5 Å². The smallest absolute Gasteiger partial charge is 0.319 e. The third-order valence-corrected chi connectivity index (χ3v) is 4.61. The van der Waals surface area contributed by atoms with Crippen LogP contribution in [0.15, 0.2) is 12.1 Å². The largest absolute Gasteiger partial charge is 0.491 e. The van der Waals surface area contributed by atoms with Gasteiger partial charge in [0.1, 0.15) is 0 Å². The highest BCUT2D eigenvalue weighted by Crippen LogP contribution is 2.28. The van der Waals surface area contributed by atoms with Crippen molar-refractivity contribution < 1.29 is 18.3 Å². The number of benzene rings is 1. The van der Waals surface area contributed by atoms with E-state index in [1.807, 2.05) is 0 Å². The van der Waals surface area contributed by atoms with E-state index in [1.165, 1.54) is 7.11 Å². The van der Waals surface area contributed by atoms with Crippen LogP contribution in [0.3, 0.4) is 0 Å². The van der Waals surface area contributed by atoms with Crippen LogP contribution in [-0.4, -0.2) is 30.7 Å². The average molecular weight is 316 g/mol. The van der Waals surface area contributed by atoms with Crippen LogP contribution < -0.4 is 15.4 Å². The molecule has 1 aromatic rings. The molecule has 0 saturated heterocycles. The molecule has 0 aromatic heterocycles. The highest BCUT2D eigenvalue weighted by Gasteiger charge is 2.25. The molecule has 2 atom stereocenters. The average Bonchev–Trinajstić information content (AvgIpc) is 2.85. The maximum Gasteiger partial charge on any atom is 0.319 e. The lowest BCUT2D eigenvalue weighted by molar-refractivity contribution is 0.248. The molecule has 1 fully saturated rings. The molecule has 21 heavy (non-hydrogen) atoms. The van der Waals surface area contributed by atoms with Crippen molar-refractivity contribution in [1.29, 1.82) is 0 Å². The number of amides is 2. The Morgan fingerprint density at radius 1 is 1.33 bits per heavy atom. The standard InChI is InChI=1S/C14H18F2N2O2S/c1-20-13-11(15)6-9(7-12(13)16)18-14(19)17-8-3-4-10(5-8)21-2/h6-8,10H,3-5H2,1-2H3,(H2,17,18,19)/t8-,10+/m0/s1. The lowest BCUT2D eigenvalue weighted by atomic mass is 10.2. The number of anilines is 1. The molecule has 0 aliphatic heterocycles. The summed E-state index contributed by atoms with van der Waals surface area (Å²) in [7, 11) is 1.18. The van der Waals surface area contributed by atoms with E-state index in [2.05, 4.69) is 21.6 Å². The Kier molecular flexibility index (Phi) is 5.27. The van der Waals surface area contributed by atoms with Crippen molar-refractivity contribution in [3.05, 3.63) is 23.8 Å². The highest BCUT2D eigenvalue weighted by atomic mass is 32.2. The van der Waals surface area contributed by atoms with Crippen LogP contribution in [0.5, 0.6) is 5.75 Å². The predicted octanol–water partition coefficient (Wildman–Crippen LogP) is 3.38. The van der Waals surface area contributed by atoms with Crippen LogP contribution in [0.4, 0.5) is 19.3 Å². The lowest BCUT2D eigenvalue weighted by Crippen LogP contribution is -2.36. The third-order valence-electron chi connectivity index (χ3n) is 3.51. The van der Waals surface area contributed by atoms with Crippen LogP contribution in [-0.2, 0) is 0 Å². The number of halogens is 2. The first-order valence-corrected chi connectivity index (χ1v) is 7.95. The molecule has 116 valence electrons. The summed E-state index contributed by atoms with van der Waals surface area (Å²) < 4.78 is 31.6. The van der Waals surface area contributed by atoms with Gasteiger partial charge in [-0.1, -0.05) is 0 Å². The summed E-state index contributed by atoms with van der Waals surface area (Å²) >= 11 is 1.79. The maximum absolute atomic E-state index is 13.5. The van der Waals surface area contributed by atoms with Crippen LogP contribution in [0, 0.1) is 11.6 Å². The second-order valence-electron chi connectivity index (χ2n) is 4.94. The SMILES string of the molecule is COc1c(F)cc(NC(=O)N[C@H]2CC[C@@H](SC)C2)cc1F. The number of ether oxygens (including phenoxy) is 1. The zero-order valence-corrected chi connectivity index (χ0v) is 12.7. The van der Waals surface area contributed by atoms with Gasteiger partial charge in [0.05, 0.1) is 7.11 Å². The first-order chi connectivity index (χ1) is 10.0. The Labute approximate surface area is 126 Å². The van der Waals surface area contributed by atoms with Gasteiger partial charge >= 0.3 is 6.03 Å². The van der Waals surface area contributed by atoms with Crippen molar-refractivity contribution in [2.24, 2.45) is 0 Å². The Morgan fingerprint density at radius 3 is 2.52 bits per heavy atom. The topological polar surface area (TPSA) is 50.4 Å². The number of hydrogen-bond acceptors (Lipinski definition) is 3. The second-order valence-corrected chi connectivity index (χ2v) is 6.08. The maximum atomic E-state index is 13.5. The van der Waals surface area contributed by atoms with Gasteiger partial charge in [-0.2, -0.15) is 11.8 Å². The summed E-state index contributed by atoms with van der Waals surface area (Å²) in [5.41, 5.74) is 0.0581. The minimum atomic E-state index is -0.851. The number of thioether (sulfide) groups is 1. The quantitative estimate of drug-likeness (QED) is 0.895. The molecule has 2 N–H and O–H groups in total. The molecule has 4 nitrogen and oxygen atoms in total. The van der Waals surface area contributed by atoms with Crippen molar-refractivity contribution in [3.8, 4) is 5.75 Å².